The van der Waals surface area contributed by atoms with Crippen molar-refractivity contribution in [1.82, 2.24) is 0 Å². The van der Waals surface area contributed by atoms with Crippen LogP contribution in [0.25, 0.3) is 0 Å². The summed E-state index contributed by atoms with van der Waals surface area (Å²) in [5.41, 5.74) is 0. The highest BCUT2D eigenvalue weighted by Crippen LogP contribution is 2.02. The van der Waals surface area contributed by atoms with E-state index in [-0.39, 0.29) is 18.7 Å². The van der Waals surface area contributed by atoms with Gasteiger partial charge in [-0.15, -0.1) is 0 Å². The van der Waals surface area contributed by atoms with Crippen LogP contribution in [-0.4, -0.2) is 47.0 Å². The normalized spacial score (nSPS) is 11.2. The van der Waals surface area contributed by atoms with Crippen LogP contribution in [0.1, 0.15) is 45.4 Å². The molecule has 2 N–H and O–H groups in total. The van der Waals surface area contributed by atoms with Gasteiger partial charge < -0.3 is 14.9 Å². The Kier molecular flexibility index (Phi) is 10.1. The van der Waals surface area contributed by atoms with Crippen LogP contribution in [0.3, 0.4) is 0 Å². The highest BCUT2D eigenvalue weighted by molar-refractivity contribution is 6.35. The molecule has 0 rings (SSSR count). The molecule has 0 aromatic carbocycles. The average molecular weight is 287 g/mol. The van der Waals surface area contributed by atoms with Crippen molar-refractivity contribution in [3.8, 4) is 0 Å². The van der Waals surface area contributed by atoms with Gasteiger partial charge in [0, 0.05) is 13.0 Å². The molecule has 0 aromatic rings. The number of Topliss-reactive ketones (excluding diaryl/α,β-unsaturated/α-hetero) is 1. The molecule has 0 amide bonds. The predicted octanol–water partition coefficient (Wildman–Crippen LogP) is 0.935. The number of esters is 1. The Bertz CT molecular complexity index is 364. The number of hydrogen-bond acceptors (Lipinski definition) is 6. The fourth-order valence-electron chi connectivity index (χ4n) is 1.35. The van der Waals surface area contributed by atoms with Gasteiger partial charge in [-0.1, -0.05) is 26.2 Å². The number of ether oxygens (including phenoxy) is 1. The summed E-state index contributed by atoms with van der Waals surface area (Å²) in [6, 6.07) is 0. The number of carbonyl (C=O) groups is 3. The van der Waals surface area contributed by atoms with Crippen LogP contribution in [0, 0.1) is 0 Å². The molecule has 0 saturated heterocycles. The molecule has 0 aliphatic heterocycles. The van der Waals surface area contributed by atoms with Gasteiger partial charge in [-0.25, -0.2) is 4.79 Å². The standard InChI is InChI=1S/C13H21NO6/c1-2-3-4-5-8-14-11(6-7-12(17)18)20-13(19)10(16)9-15/h15H,2-9H2,1H3,(H,17,18). The molecule has 0 aromatic heterocycles. The third-order valence-electron chi connectivity index (χ3n) is 2.43. The number of unbranched alkanes of at least 4 members (excludes halogenated alkanes) is 3. The summed E-state index contributed by atoms with van der Waals surface area (Å²) < 4.78 is 4.70. The first-order chi connectivity index (χ1) is 9.51. The zero-order valence-electron chi connectivity index (χ0n) is 11.6. The average Bonchev–Trinajstić information content (AvgIpc) is 2.42. The van der Waals surface area contributed by atoms with E-state index < -0.39 is 24.3 Å². The van der Waals surface area contributed by atoms with E-state index in [1.807, 2.05) is 0 Å². The molecule has 114 valence electrons. The second-order valence-electron chi connectivity index (χ2n) is 4.20. The third kappa shape index (κ3) is 9.21. The number of carboxylic acids is 1. The van der Waals surface area contributed by atoms with Crippen LogP contribution in [0.2, 0.25) is 0 Å². The maximum Gasteiger partial charge on any atom is 0.383 e. The summed E-state index contributed by atoms with van der Waals surface area (Å²) >= 11 is 0. The summed E-state index contributed by atoms with van der Waals surface area (Å²) in [4.78, 5) is 36.6. The molecule has 0 aliphatic rings. The second-order valence-corrected chi connectivity index (χ2v) is 4.20. The van der Waals surface area contributed by atoms with Crippen molar-refractivity contribution in [1.29, 1.82) is 0 Å². The van der Waals surface area contributed by atoms with Crippen LogP contribution in [0.15, 0.2) is 4.99 Å². The first-order valence-corrected chi connectivity index (χ1v) is 6.62. The number of aliphatic carboxylic acids is 1. The summed E-state index contributed by atoms with van der Waals surface area (Å²) in [6.07, 6.45) is 3.63. The van der Waals surface area contributed by atoms with Crippen molar-refractivity contribution in [2.45, 2.75) is 45.4 Å². The van der Waals surface area contributed by atoms with Crippen LogP contribution >= 0.6 is 0 Å². The monoisotopic (exact) mass is 287 g/mol. The Labute approximate surface area is 117 Å². The van der Waals surface area contributed by atoms with Gasteiger partial charge in [0.1, 0.15) is 6.61 Å². The van der Waals surface area contributed by atoms with E-state index in [2.05, 4.69) is 11.9 Å². The van der Waals surface area contributed by atoms with Gasteiger partial charge in [0.05, 0.1) is 6.42 Å². The molecular weight excluding hydrogens is 266 g/mol. The van der Waals surface area contributed by atoms with Crippen molar-refractivity contribution in [2.75, 3.05) is 13.2 Å². The molecule has 7 nitrogen and oxygen atoms in total. The fourth-order valence-corrected chi connectivity index (χ4v) is 1.35. The van der Waals surface area contributed by atoms with Gasteiger partial charge in [0.2, 0.25) is 0 Å². The SMILES string of the molecule is CCCCCCN=C(CCC(=O)O)OC(=O)C(=O)CO. The van der Waals surface area contributed by atoms with E-state index in [4.69, 9.17) is 14.9 Å². The molecule has 0 spiro atoms. The number of aliphatic hydroxyl groups excluding tert-OH is 1. The number of carbonyl (C=O) groups excluding carboxylic acids is 2. The number of carboxylic acid groups (broad SMARTS) is 1. The lowest BCUT2D eigenvalue weighted by molar-refractivity contribution is -0.149. The molecule has 7 heteroatoms. The van der Waals surface area contributed by atoms with Gasteiger partial charge in [-0.2, -0.15) is 0 Å². The van der Waals surface area contributed by atoms with E-state index >= 15 is 0 Å². The van der Waals surface area contributed by atoms with Crippen LogP contribution in [0.5, 0.6) is 0 Å². The summed E-state index contributed by atoms with van der Waals surface area (Å²) in [5.74, 6) is -3.42. The van der Waals surface area contributed by atoms with Crippen molar-refractivity contribution < 1.29 is 29.3 Å². The molecule has 0 heterocycles. The largest absolute Gasteiger partial charge is 0.481 e. The molecule has 20 heavy (non-hydrogen) atoms. The molecule has 0 bridgehead atoms. The van der Waals surface area contributed by atoms with E-state index in [1.165, 1.54) is 0 Å². The van der Waals surface area contributed by atoms with E-state index in [9.17, 15) is 14.4 Å². The quantitative estimate of drug-likeness (QED) is 0.203. The lowest BCUT2D eigenvalue weighted by atomic mass is 10.2. The fraction of sp³-hybridized carbons (Fsp3) is 0.692. The predicted molar refractivity (Wildman–Crippen MR) is 71.5 cm³/mol. The van der Waals surface area contributed by atoms with Crippen molar-refractivity contribution in [2.24, 2.45) is 4.99 Å². The molecule has 0 saturated carbocycles. The Balaban J connectivity index is 4.39. The number of rotatable bonds is 10. The number of aliphatic hydroxyl groups is 1. The van der Waals surface area contributed by atoms with Crippen molar-refractivity contribution >= 4 is 23.6 Å². The minimum Gasteiger partial charge on any atom is -0.481 e. The Hall–Kier alpha value is -1.76. The van der Waals surface area contributed by atoms with Crippen molar-refractivity contribution in [3.63, 3.8) is 0 Å². The number of aliphatic imine (C=N–C) groups is 1. The lowest BCUT2D eigenvalue weighted by Crippen LogP contribution is -2.24. The van der Waals surface area contributed by atoms with Gasteiger partial charge in [-0.3, -0.25) is 14.6 Å². The first kappa shape index (κ1) is 18.2. The molecule has 0 atom stereocenters. The van der Waals surface area contributed by atoms with Crippen LogP contribution in [0.4, 0.5) is 0 Å². The van der Waals surface area contributed by atoms with Crippen molar-refractivity contribution in [3.05, 3.63) is 0 Å². The Morgan fingerprint density at radius 1 is 1.10 bits per heavy atom. The molecule has 0 fully saturated rings. The maximum absolute atomic E-state index is 11.2. The summed E-state index contributed by atoms with van der Waals surface area (Å²) in [5, 5.41) is 17.1. The van der Waals surface area contributed by atoms with Gasteiger partial charge in [0.25, 0.3) is 5.78 Å². The molecule has 0 aliphatic carbocycles. The van der Waals surface area contributed by atoms with Crippen LogP contribution in [-0.2, 0) is 19.1 Å². The second kappa shape index (κ2) is 11.1. The minimum absolute atomic E-state index is 0.0619. The smallest absolute Gasteiger partial charge is 0.383 e. The molecular formula is C13H21NO6. The highest BCUT2D eigenvalue weighted by Gasteiger charge is 2.17. The van der Waals surface area contributed by atoms with Gasteiger partial charge in [-0.05, 0) is 6.42 Å². The number of ketones is 1. The van der Waals surface area contributed by atoms with E-state index in [0.717, 1.165) is 25.7 Å². The Morgan fingerprint density at radius 3 is 2.35 bits per heavy atom. The van der Waals surface area contributed by atoms with Gasteiger partial charge in [0.15, 0.2) is 5.90 Å². The van der Waals surface area contributed by atoms with Gasteiger partial charge >= 0.3 is 11.9 Å². The molecule has 0 radical (unpaired) electrons. The number of hydrogen-bond donors (Lipinski definition) is 2. The topological polar surface area (TPSA) is 113 Å². The van der Waals surface area contributed by atoms with E-state index in [0.29, 0.717) is 6.54 Å². The minimum atomic E-state index is -1.22. The Morgan fingerprint density at radius 2 is 1.80 bits per heavy atom. The third-order valence-corrected chi connectivity index (χ3v) is 2.43. The van der Waals surface area contributed by atoms with Crippen LogP contribution < -0.4 is 0 Å². The first-order valence-electron chi connectivity index (χ1n) is 6.62. The maximum atomic E-state index is 11.2. The summed E-state index contributed by atoms with van der Waals surface area (Å²) in [6.45, 7) is 1.54. The molecule has 0 unspecified atom stereocenters. The lowest BCUT2D eigenvalue weighted by Gasteiger charge is -2.06. The number of nitrogens with zero attached hydrogens (tertiary/aromatic N) is 1. The van der Waals surface area contributed by atoms with E-state index in [1.54, 1.807) is 0 Å². The zero-order chi connectivity index (χ0) is 15.4. The zero-order valence-corrected chi connectivity index (χ0v) is 11.6. The highest BCUT2D eigenvalue weighted by atomic mass is 16.5. The summed E-state index contributed by atoms with van der Waals surface area (Å²) in [7, 11) is 0.